The number of carbonyl (C=O) groups excluding carboxylic acids is 2. The molecule has 6 nitrogen and oxygen atoms in total. The van der Waals surface area contributed by atoms with Crippen molar-refractivity contribution in [3.63, 3.8) is 0 Å². The van der Waals surface area contributed by atoms with Crippen LogP contribution in [0, 0.1) is 0 Å². The molecule has 0 fully saturated rings. The first-order valence-corrected chi connectivity index (χ1v) is 9.10. The molecule has 0 saturated heterocycles. The first kappa shape index (κ1) is 19.2. The molecule has 27 heavy (non-hydrogen) atoms. The van der Waals surface area contributed by atoms with Gasteiger partial charge in [0, 0.05) is 36.4 Å². The van der Waals surface area contributed by atoms with Crippen LogP contribution in [0.3, 0.4) is 0 Å². The van der Waals surface area contributed by atoms with E-state index in [1.807, 2.05) is 31.2 Å². The van der Waals surface area contributed by atoms with Crippen molar-refractivity contribution in [2.45, 2.75) is 32.1 Å². The van der Waals surface area contributed by atoms with Crippen LogP contribution in [0.15, 0.2) is 46.8 Å². The minimum atomic E-state index is -0.459. The van der Waals surface area contributed by atoms with E-state index < -0.39 is 11.9 Å². The van der Waals surface area contributed by atoms with Crippen molar-refractivity contribution in [2.75, 3.05) is 27.4 Å². The van der Waals surface area contributed by atoms with Gasteiger partial charge in [-0.25, -0.2) is 4.79 Å². The lowest BCUT2D eigenvalue weighted by molar-refractivity contribution is -0.140. The van der Waals surface area contributed by atoms with Gasteiger partial charge in [0.2, 0.25) is 0 Å². The predicted octanol–water partition coefficient (Wildman–Crippen LogP) is 2.85. The molecule has 0 aromatic heterocycles. The highest BCUT2D eigenvalue weighted by Gasteiger charge is 2.39. The van der Waals surface area contributed by atoms with Crippen LogP contribution >= 0.6 is 0 Å². The van der Waals surface area contributed by atoms with Crippen molar-refractivity contribution in [3.8, 4) is 5.75 Å². The normalized spacial score (nSPS) is 19.5. The van der Waals surface area contributed by atoms with Crippen molar-refractivity contribution in [3.05, 3.63) is 52.4 Å². The van der Waals surface area contributed by atoms with Gasteiger partial charge in [0.05, 0.1) is 19.3 Å². The molecule has 1 N–H and O–H groups in total. The summed E-state index contributed by atoms with van der Waals surface area (Å²) in [4.78, 5) is 25.6. The molecular weight excluding hydrogens is 346 g/mol. The van der Waals surface area contributed by atoms with Crippen LogP contribution < -0.4 is 10.1 Å². The summed E-state index contributed by atoms with van der Waals surface area (Å²) in [6, 6.07) is 7.50. The molecule has 144 valence electrons. The number of esters is 1. The van der Waals surface area contributed by atoms with Crippen molar-refractivity contribution >= 4 is 11.8 Å². The number of methoxy groups -OCH3 is 2. The Labute approximate surface area is 159 Å². The maximum Gasteiger partial charge on any atom is 0.336 e. The molecule has 6 heteroatoms. The third kappa shape index (κ3) is 3.90. The summed E-state index contributed by atoms with van der Waals surface area (Å²) in [5.41, 5.74) is 3.60. The highest BCUT2D eigenvalue weighted by Crippen LogP contribution is 2.43. The Bertz CT molecular complexity index is 809. The molecule has 1 atom stereocenters. The van der Waals surface area contributed by atoms with Crippen LogP contribution in [0.1, 0.15) is 37.7 Å². The van der Waals surface area contributed by atoms with Crippen LogP contribution in [-0.4, -0.2) is 39.2 Å². The van der Waals surface area contributed by atoms with E-state index in [2.05, 4.69) is 5.32 Å². The monoisotopic (exact) mass is 371 g/mol. The van der Waals surface area contributed by atoms with Gasteiger partial charge in [-0.1, -0.05) is 12.1 Å². The van der Waals surface area contributed by atoms with Crippen LogP contribution in [0.4, 0.5) is 0 Å². The maximum atomic E-state index is 12.9. The second kappa shape index (κ2) is 8.39. The van der Waals surface area contributed by atoms with Crippen LogP contribution in [-0.2, 0) is 19.1 Å². The summed E-state index contributed by atoms with van der Waals surface area (Å²) >= 11 is 0. The zero-order valence-electron chi connectivity index (χ0n) is 16.0. The summed E-state index contributed by atoms with van der Waals surface area (Å²) in [7, 11) is 3.15. The minimum absolute atomic E-state index is 0.0752. The summed E-state index contributed by atoms with van der Waals surface area (Å²) in [6.07, 6.45) is 2.10. The lowest BCUT2D eigenvalue weighted by Gasteiger charge is -2.34. The summed E-state index contributed by atoms with van der Waals surface area (Å²) in [6.45, 7) is 2.34. The van der Waals surface area contributed by atoms with Crippen LogP contribution in [0.2, 0.25) is 0 Å². The molecule has 1 heterocycles. The predicted molar refractivity (Wildman–Crippen MR) is 100 cm³/mol. The second-order valence-corrected chi connectivity index (χ2v) is 6.67. The topological polar surface area (TPSA) is 73.9 Å². The number of rotatable bonds is 6. The Hall–Kier alpha value is -2.60. The summed E-state index contributed by atoms with van der Waals surface area (Å²) in [5, 5.41) is 3.27. The number of ether oxygens (including phenoxy) is 3. The van der Waals surface area contributed by atoms with Gasteiger partial charge in [-0.05, 0) is 37.5 Å². The molecule has 0 spiro atoms. The van der Waals surface area contributed by atoms with E-state index in [9.17, 15) is 9.59 Å². The van der Waals surface area contributed by atoms with E-state index in [4.69, 9.17) is 14.2 Å². The molecule has 3 rings (SSSR count). The number of dihydropyridines is 1. The molecule has 0 saturated carbocycles. The van der Waals surface area contributed by atoms with Crippen molar-refractivity contribution in [1.82, 2.24) is 5.32 Å². The standard InChI is InChI=1S/C21H25NO5/c1-13-18(21(24)27-11-10-25-2)19(14-6-4-7-15(12-14)26-3)20-16(22-13)8-5-9-17(20)23/h4,6-7,12,19,22H,5,8-11H2,1-3H3/t19-/m1/s1. The van der Waals surface area contributed by atoms with Crippen molar-refractivity contribution in [2.24, 2.45) is 0 Å². The third-order valence-electron chi connectivity index (χ3n) is 4.94. The second-order valence-electron chi connectivity index (χ2n) is 6.67. The smallest absolute Gasteiger partial charge is 0.336 e. The first-order chi connectivity index (χ1) is 13.1. The van der Waals surface area contributed by atoms with Crippen LogP contribution in [0.5, 0.6) is 5.75 Å². The quantitative estimate of drug-likeness (QED) is 0.612. The largest absolute Gasteiger partial charge is 0.497 e. The number of carbonyl (C=O) groups is 2. The molecule has 2 aliphatic rings. The van der Waals surface area contributed by atoms with E-state index in [1.165, 1.54) is 0 Å². The fraction of sp³-hybridized carbons (Fsp3) is 0.429. The molecule has 1 aromatic rings. The number of nitrogens with one attached hydrogen (secondary N) is 1. The molecule has 0 bridgehead atoms. The van der Waals surface area contributed by atoms with Gasteiger partial charge >= 0.3 is 5.97 Å². The summed E-state index contributed by atoms with van der Waals surface area (Å²) in [5.74, 6) is -0.138. The van der Waals surface area contributed by atoms with E-state index >= 15 is 0 Å². The lowest BCUT2D eigenvalue weighted by Crippen LogP contribution is -2.34. The van der Waals surface area contributed by atoms with Gasteiger partial charge in [-0.2, -0.15) is 0 Å². The van der Waals surface area contributed by atoms with E-state index in [0.29, 0.717) is 29.9 Å². The Morgan fingerprint density at radius 3 is 2.78 bits per heavy atom. The minimum Gasteiger partial charge on any atom is -0.497 e. The first-order valence-electron chi connectivity index (χ1n) is 9.10. The molecule has 1 aromatic carbocycles. The van der Waals surface area contributed by atoms with Gasteiger partial charge in [0.15, 0.2) is 5.78 Å². The molecular formula is C21H25NO5. The molecule has 0 radical (unpaired) electrons. The number of hydrogen-bond acceptors (Lipinski definition) is 6. The Morgan fingerprint density at radius 1 is 1.22 bits per heavy atom. The van der Waals surface area contributed by atoms with Gasteiger partial charge in [-0.15, -0.1) is 0 Å². The van der Waals surface area contributed by atoms with Gasteiger partial charge < -0.3 is 19.5 Å². The Morgan fingerprint density at radius 2 is 2.04 bits per heavy atom. The van der Waals surface area contributed by atoms with E-state index in [0.717, 1.165) is 29.8 Å². The van der Waals surface area contributed by atoms with Gasteiger partial charge in [0.1, 0.15) is 12.4 Å². The molecule has 1 aliphatic carbocycles. The average Bonchev–Trinajstić information content (AvgIpc) is 2.67. The van der Waals surface area contributed by atoms with E-state index in [-0.39, 0.29) is 12.4 Å². The third-order valence-corrected chi connectivity index (χ3v) is 4.94. The van der Waals surface area contributed by atoms with Gasteiger partial charge in [0.25, 0.3) is 0 Å². The van der Waals surface area contributed by atoms with E-state index in [1.54, 1.807) is 14.2 Å². The lowest BCUT2D eigenvalue weighted by atomic mass is 9.75. The highest BCUT2D eigenvalue weighted by atomic mass is 16.6. The Balaban J connectivity index is 2.06. The van der Waals surface area contributed by atoms with Crippen molar-refractivity contribution < 1.29 is 23.8 Å². The summed E-state index contributed by atoms with van der Waals surface area (Å²) < 4.78 is 15.7. The zero-order valence-corrected chi connectivity index (χ0v) is 16.0. The van der Waals surface area contributed by atoms with Crippen molar-refractivity contribution in [1.29, 1.82) is 0 Å². The Kier molecular flexibility index (Phi) is 5.96. The fourth-order valence-corrected chi connectivity index (χ4v) is 3.70. The van der Waals surface area contributed by atoms with Gasteiger partial charge in [-0.3, -0.25) is 4.79 Å². The molecule has 1 aliphatic heterocycles. The highest BCUT2D eigenvalue weighted by molar-refractivity contribution is 6.03. The number of ketones is 1. The zero-order chi connectivity index (χ0) is 19.4. The molecule has 0 unspecified atom stereocenters. The number of hydrogen-bond donors (Lipinski definition) is 1. The average molecular weight is 371 g/mol. The number of allylic oxidation sites excluding steroid dienone is 3. The fourth-order valence-electron chi connectivity index (χ4n) is 3.70. The van der Waals surface area contributed by atoms with Crippen LogP contribution in [0.25, 0.3) is 0 Å². The number of benzene rings is 1. The SMILES string of the molecule is COCCOC(=O)C1=C(C)NC2=C(C(=O)CCC2)[C@@H]1c1cccc(OC)c1. The maximum absolute atomic E-state index is 12.9. The number of Topliss-reactive ketones (excluding diaryl/α,β-unsaturated/α-hetero) is 1. The molecule has 0 amide bonds.